The lowest BCUT2D eigenvalue weighted by Gasteiger charge is -2.22. The summed E-state index contributed by atoms with van der Waals surface area (Å²) >= 11 is 0. The van der Waals surface area contributed by atoms with Crippen LogP contribution >= 0.6 is 0 Å². The molecule has 21 heavy (non-hydrogen) atoms. The molecule has 0 bridgehead atoms. The van der Waals surface area contributed by atoms with E-state index in [0.717, 1.165) is 17.5 Å². The Hall–Kier alpha value is -2.42. The molecule has 0 aromatic heterocycles. The summed E-state index contributed by atoms with van der Waals surface area (Å²) in [5.41, 5.74) is 2.99. The van der Waals surface area contributed by atoms with Gasteiger partial charge in [-0.3, -0.25) is 4.79 Å². The van der Waals surface area contributed by atoms with Gasteiger partial charge >= 0.3 is 0 Å². The van der Waals surface area contributed by atoms with Gasteiger partial charge in [0, 0.05) is 18.7 Å². The summed E-state index contributed by atoms with van der Waals surface area (Å²) in [6, 6.07) is 17.4. The molecule has 0 unspecified atom stereocenters. The molecule has 108 valence electrons. The van der Waals surface area contributed by atoms with Gasteiger partial charge in [-0.1, -0.05) is 48.0 Å². The highest BCUT2D eigenvalue weighted by Crippen LogP contribution is 2.16. The Morgan fingerprint density at radius 3 is 2.33 bits per heavy atom. The van der Waals surface area contributed by atoms with Crippen molar-refractivity contribution in [3.63, 3.8) is 0 Å². The van der Waals surface area contributed by atoms with Crippen molar-refractivity contribution in [2.24, 2.45) is 0 Å². The number of aryl methyl sites for hydroxylation is 1. The quantitative estimate of drug-likeness (QED) is 0.763. The van der Waals surface area contributed by atoms with Crippen LogP contribution in [0.15, 0.2) is 54.6 Å². The Morgan fingerprint density at radius 1 is 1.05 bits per heavy atom. The van der Waals surface area contributed by atoms with E-state index >= 15 is 0 Å². The average Bonchev–Trinajstić information content (AvgIpc) is 2.51. The molecule has 3 nitrogen and oxygen atoms in total. The van der Waals surface area contributed by atoms with Crippen LogP contribution in [0.2, 0.25) is 0 Å². The summed E-state index contributed by atoms with van der Waals surface area (Å²) in [4.78, 5) is 24.8. The minimum atomic E-state index is 0.00639. The lowest BCUT2D eigenvalue weighted by molar-refractivity contribution is -0.118. The average molecular weight is 281 g/mol. The first kappa shape index (κ1) is 15.0. The summed E-state index contributed by atoms with van der Waals surface area (Å²) in [5.74, 6) is 0.00639. The Bertz CT molecular complexity index is 590. The number of anilines is 1. The lowest BCUT2D eigenvalue weighted by Crippen LogP contribution is -2.33. The van der Waals surface area contributed by atoms with Crippen molar-refractivity contribution in [2.45, 2.75) is 19.8 Å². The molecule has 0 saturated heterocycles. The van der Waals surface area contributed by atoms with Crippen LogP contribution in [0.25, 0.3) is 0 Å². The second kappa shape index (κ2) is 7.39. The van der Waals surface area contributed by atoms with E-state index in [1.54, 1.807) is 4.90 Å². The zero-order valence-corrected chi connectivity index (χ0v) is 12.2. The molecule has 0 N–H and O–H groups in total. The van der Waals surface area contributed by atoms with Crippen molar-refractivity contribution < 1.29 is 9.59 Å². The minimum Gasteiger partial charge on any atom is -0.312 e. The second-order valence-corrected chi connectivity index (χ2v) is 5.00. The van der Waals surface area contributed by atoms with Crippen molar-refractivity contribution in [1.82, 2.24) is 0 Å². The van der Waals surface area contributed by atoms with Crippen LogP contribution < -0.4 is 4.90 Å². The van der Waals surface area contributed by atoms with E-state index in [1.165, 1.54) is 5.56 Å². The highest BCUT2D eigenvalue weighted by atomic mass is 16.2. The number of hydrogen-bond acceptors (Lipinski definition) is 2. The number of carbonyl (C=O) groups excluding carboxylic acids is 2. The van der Waals surface area contributed by atoms with E-state index in [0.29, 0.717) is 19.4 Å². The standard InChI is InChI=1S/C18H19NO2/c1-15-8-10-16(11-9-15)14-18(21)19(12-5-13-20)17-6-3-2-4-7-17/h2-4,6-11,13H,5,12,14H2,1H3. The summed E-state index contributed by atoms with van der Waals surface area (Å²) in [6.07, 6.45) is 1.53. The van der Waals surface area contributed by atoms with E-state index in [2.05, 4.69) is 0 Å². The number of amides is 1. The minimum absolute atomic E-state index is 0.00639. The normalized spacial score (nSPS) is 10.1. The van der Waals surface area contributed by atoms with Crippen molar-refractivity contribution in [1.29, 1.82) is 0 Å². The summed E-state index contributed by atoms with van der Waals surface area (Å²) in [6.45, 7) is 2.43. The fraction of sp³-hybridized carbons (Fsp3) is 0.222. The highest BCUT2D eigenvalue weighted by Gasteiger charge is 2.15. The Kier molecular flexibility index (Phi) is 5.27. The molecular weight excluding hydrogens is 262 g/mol. The number of carbonyl (C=O) groups is 2. The smallest absolute Gasteiger partial charge is 0.231 e. The predicted octanol–water partition coefficient (Wildman–Crippen LogP) is 3.16. The number of para-hydroxylation sites is 1. The first-order chi connectivity index (χ1) is 10.2. The van der Waals surface area contributed by atoms with Gasteiger partial charge in [0.1, 0.15) is 6.29 Å². The van der Waals surface area contributed by atoms with E-state index in [-0.39, 0.29) is 5.91 Å². The maximum absolute atomic E-state index is 12.5. The van der Waals surface area contributed by atoms with Gasteiger partial charge in [0.05, 0.1) is 6.42 Å². The molecule has 0 aliphatic carbocycles. The molecule has 2 rings (SSSR count). The fourth-order valence-electron chi connectivity index (χ4n) is 2.16. The highest BCUT2D eigenvalue weighted by molar-refractivity contribution is 5.95. The van der Waals surface area contributed by atoms with Gasteiger partial charge in [-0.2, -0.15) is 0 Å². The van der Waals surface area contributed by atoms with Crippen LogP contribution in [0.1, 0.15) is 17.5 Å². The zero-order valence-electron chi connectivity index (χ0n) is 12.2. The third-order valence-electron chi connectivity index (χ3n) is 3.32. The molecular formula is C18H19NO2. The summed E-state index contributed by atoms with van der Waals surface area (Å²) in [7, 11) is 0. The first-order valence-corrected chi connectivity index (χ1v) is 7.05. The van der Waals surface area contributed by atoms with E-state index in [4.69, 9.17) is 0 Å². The Morgan fingerprint density at radius 2 is 1.71 bits per heavy atom. The van der Waals surface area contributed by atoms with Crippen LogP contribution in [-0.4, -0.2) is 18.7 Å². The third-order valence-corrected chi connectivity index (χ3v) is 3.32. The maximum Gasteiger partial charge on any atom is 0.231 e. The van der Waals surface area contributed by atoms with Gasteiger partial charge in [0.25, 0.3) is 0 Å². The van der Waals surface area contributed by atoms with Crippen LogP contribution in [0.5, 0.6) is 0 Å². The van der Waals surface area contributed by atoms with E-state index in [9.17, 15) is 9.59 Å². The number of nitrogens with zero attached hydrogens (tertiary/aromatic N) is 1. The Labute approximate surface area is 125 Å². The first-order valence-electron chi connectivity index (χ1n) is 7.05. The van der Waals surface area contributed by atoms with Gasteiger partial charge in [-0.05, 0) is 24.6 Å². The van der Waals surface area contributed by atoms with Gasteiger partial charge in [-0.15, -0.1) is 0 Å². The maximum atomic E-state index is 12.5. The SMILES string of the molecule is Cc1ccc(CC(=O)N(CCC=O)c2ccccc2)cc1. The van der Waals surface area contributed by atoms with Crippen molar-refractivity contribution in [3.8, 4) is 0 Å². The van der Waals surface area contributed by atoms with Crippen molar-refractivity contribution in [2.75, 3.05) is 11.4 Å². The molecule has 2 aromatic carbocycles. The number of aldehydes is 1. The molecule has 2 aromatic rings. The van der Waals surface area contributed by atoms with Gasteiger partial charge < -0.3 is 9.69 Å². The lowest BCUT2D eigenvalue weighted by atomic mass is 10.1. The third kappa shape index (κ3) is 4.28. The summed E-state index contributed by atoms with van der Waals surface area (Å²) in [5, 5.41) is 0. The molecule has 0 aliphatic rings. The molecule has 3 heteroatoms. The Balaban J connectivity index is 2.14. The topological polar surface area (TPSA) is 37.4 Å². The zero-order chi connectivity index (χ0) is 15.1. The monoisotopic (exact) mass is 281 g/mol. The van der Waals surface area contributed by atoms with Crippen molar-refractivity contribution in [3.05, 3.63) is 65.7 Å². The van der Waals surface area contributed by atoms with Gasteiger partial charge in [-0.25, -0.2) is 0 Å². The second-order valence-electron chi connectivity index (χ2n) is 5.00. The van der Waals surface area contributed by atoms with Crippen LogP contribution in [-0.2, 0) is 16.0 Å². The van der Waals surface area contributed by atoms with Crippen LogP contribution in [0.3, 0.4) is 0 Å². The van der Waals surface area contributed by atoms with Gasteiger partial charge in [0.2, 0.25) is 5.91 Å². The van der Waals surface area contributed by atoms with Crippen LogP contribution in [0.4, 0.5) is 5.69 Å². The number of rotatable bonds is 6. The molecule has 0 aliphatic heterocycles. The molecule has 0 fully saturated rings. The molecule has 0 spiro atoms. The summed E-state index contributed by atoms with van der Waals surface area (Å²) < 4.78 is 0. The van der Waals surface area contributed by atoms with Crippen molar-refractivity contribution >= 4 is 17.9 Å². The van der Waals surface area contributed by atoms with E-state index < -0.39 is 0 Å². The largest absolute Gasteiger partial charge is 0.312 e. The van der Waals surface area contributed by atoms with E-state index in [1.807, 2.05) is 61.5 Å². The molecule has 0 radical (unpaired) electrons. The fourth-order valence-corrected chi connectivity index (χ4v) is 2.16. The number of hydrogen-bond donors (Lipinski definition) is 0. The molecule has 1 amide bonds. The molecule has 0 saturated carbocycles. The van der Waals surface area contributed by atoms with Gasteiger partial charge in [0.15, 0.2) is 0 Å². The predicted molar refractivity (Wildman–Crippen MR) is 84.4 cm³/mol. The van der Waals surface area contributed by atoms with Crippen LogP contribution in [0, 0.1) is 6.92 Å². The molecule has 0 heterocycles. The molecule has 0 atom stereocenters. The number of benzene rings is 2.